The van der Waals surface area contributed by atoms with Crippen molar-refractivity contribution in [1.82, 2.24) is 0 Å². The molecule has 0 amide bonds. The number of alkyl halides is 3. The number of methoxy groups -OCH3 is 1. The van der Waals surface area contributed by atoms with E-state index in [0.29, 0.717) is 11.8 Å². The lowest BCUT2D eigenvalue weighted by Gasteiger charge is -2.61. The number of ketones is 1. The first-order valence-corrected chi connectivity index (χ1v) is 6.97. The van der Waals surface area contributed by atoms with Gasteiger partial charge in [0.05, 0.1) is 17.9 Å². The van der Waals surface area contributed by atoms with Crippen molar-refractivity contribution in [2.45, 2.75) is 38.8 Å². The molecule has 2 rings (SSSR count). The summed E-state index contributed by atoms with van der Waals surface area (Å²) in [7, 11) is 0.997. The Hall–Kier alpha value is -1.18. The van der Waals surface area contributed by atoms with Crippen LogP contribution >= 0.6 is 11.8 Å². The van der Waals surface area contributed by atoms with Gasteiger partial charge in [-0.1, -0.05) is 11.8 Å². The number of rotatable bonds is 1. The number of hydrogen-bond acceptors (Lipinski definition) is 5. The number of Topliss-reactive ketones (excluding diaryl/α,β-unsaturated/α-hetero) is 1. The molecule has 1 fully saturated rings. The number of thioether (sulfide) groups is 1. The van der Waals surface area contributed by atoms with Crippen LogP contribution in [0.5, 0.6) is 0 Å². The van der Waals surface area contributed by atoms with E-state index in [9.17, 15) is 22.8 Å². The maximum Gasteiger partial charge on any atom is 0.450 e. The van der Waals surface area contributed by atoms with E-state index in [-0.39, 0.29) is 5.78 Å². The van der Waals surface area contributed by atoms with E-state index < -0.39 is 38.6 Å². The largest absolute Gasteiger partial charge is 0.468 e. The van der Waals surface area contributed by atoms with Crippen molar-refractivity contribution in [3.8, 4) is 0 Å². The van der Waals surface area contributed by atoms with Crippen LogP contribution in [0.4, 0.5) is 13.2 Å². The van der Waals surface area contributed by atoms with E-state index in [0.717, 1.165) is 7.11 Å². The minimum absolute atomic E-state index is 0.213. The molecule has 4 nitrogen and oxygen atoms in total. The summed E-state index contributed by atoms with van der Waals surface area (Å²) in [5.41, 5.74) is -2.29. The Balaban J connectivity index is 2.53. The van der Waals surface area contributed by atoms with Crippen LogP contribution < -0.4 is 0 Å². The zero-order chi connectivity index (χ0) is 16.4. The maximum absolute atomic E-state index is 13.1. The van der Waals surface area contributed by atoms with Gasteiger partial charge in [0.25, 0.3) is 0 Å². The molecule has 0 unspecified atom stereocenters. The molecule has 1 spiro atoms. The highest BCUT2D eigenvalue weighted by molar-refractivity contribution is 8.05. The van der Waals surface area contributed by atoms with Gasteiger partial charge in [0, 0.05) is 0 Å². The second-order valence-corrected chi connectivity index (χ2v) is 7.23. The van der Waals surface area contributed by atoms with Crippen molar-refractivity contribution in [2.75, 3.05) is 7.11 Å². The van der Waals surface area contributed by atoms with Gasteiger partial charge in [-0.3, -0.25) is 4.79 Å². The van der Waals surface area contributed by atoms with E-state index >= 15 is 0 Å². The summed E-state index contributed by atoms with van der Waals surface area (Å²) >= 11 is 0.627. The summed E-state index contributed by atoms with van der Waals surface area (Å²) in [4.78, 5) is 21.7. The van der Waals surface area contributed by atoms with Crippen molar-refractivity contribution in [1.29, 1.82) is 0 Å². The molecule has 0 aromatic rings. The third kappa shape index (κ3) is 1.77. The summed E-state index contributed by atoms with van der Waals surface area (Å²) in [6, 6.07) is 0. The molecule has 0 aromatic heterocycles. The van der Waals surface area contributed by atoms with Crippen LogP contribution in [0.3, 0.4) is 0 Å². The van der Waals surface area contributed by atoms with E-state index in [2.05, 4.69) is 4.74 Å². The number of hydrogen-bond donors (Lipinski definition) is 0. The molecule has 1 aliphatic heterocycles. The lowest BCUT2D eigenvalue weighted by atomic mass is 9.51. The Morgan fingerprint density at radius 3 is 2.05 bits per heavy atom. The third-order valence-electron chi connectivity index (χ3n) is 4.11. The second kappa shape index (κ2) is 4.18. The van der Waals surface area contributed by atoms with Gasteiger partial charge < -0.3 is 9.47 Å². The monoisotopic (exact) mass is 324 g/mol. The highest BCUT2D eigenvalue weighted by Crippen LogP contribution is 2.71. The summed E-state index contributed by atoms with van der Waals surface area (Å²) < 4.78 is 49.0. The molecule has 0 atom stereocenters. The molecular formula is C13H15F3O4S. The highest BCUT2D eigenvalue weighted by Gasteiger charge is 2.79. The molecule has 8 heteroatoms. The number of allylic oxidation sites excluding steroid dienone is 1. The Labute approximate surface area is 124 Å². The van der Waals surface area contributed by atoms with E-state index in [4.69, 9.17) is 4.74 Å². The van der Waals surface area contributed by atoms with Crippen LogP contribution in [0.15, 0.2) is 10.7 Å². The number of halogens is 3. The maximum atomic E-state index is 13.1. The molecule has 1 saturated carbocycles. The average molecular weight is 324 g/mol. The first kappa shape index (κ1) is 16.2. The number of carbonyl (C=O) groups is 2. The van der Waals surface area contributed by atoms with Crippen LogP contribution in [0, 0.1) is 10.8 Å². The fraction of sp³-hybridized carbons (Fsp3) is 0.692. The topological polar surface area (TPSA) is 52.6 Å². The van der Waals surface area contributed by atoms with E-state index in [1.165, 1.54) is 27.7 Å². The minimum Gasteiger partial charge on any atom is -0.468 e. The van der Waals surface area contributed by atoms with Crippen LogP contribution in [-0.2, 0) is 19.1 Å². The molecule has 1 heterocycles. The van der Waals surface area contributed by atoms with Crippen LogP contribution in [0.2, 0.25) is 0 Å². The predicted molar refractivity (Wildman–Crippen MR) is 69.1 cm³/mol. The SMILES string of the molecule is COC(=O)C1=C(C(F)(F)F)OC2(S1)C(C)(C)C(=O)C2(C)C. The van der Waals surface area contributed by atoms with Crippen LogP contribution in [0.1, 0.15) is 27.7 Å². The second-order valence-electron chi connectivity index (χ2n) is 6.05. The van der Waals surface area contributed by atoms with Gasteiger partial charge in [-0.2, -0.15) is 13.2 Å². The van der Waals surface area contributed by atoms with Gasteiger partial charge in [0.2, 0.25) is 5.76 Å². The van der Waals surface area contributed by atoms with Crippen molar-refractivity contribution >= 4 is 23.5 Å². The number of ether oxygens (including phenoxy) is 2. The molecule has 0 aromatic carbocycles. The molecular weight excluding hydrogens is 309 g/mol. The zero-order valence-electron chi connectivity index (χ0n) is 12.2. The molecule has 1 aliphatic carbocycles. The normalized spacial score (nSPS) is 25.6. The van der Waals surface area contributed by atoms with Gasteiger partial charge in [0.15, 0.2) is 10.7 Å². The fourth-order valence-corrected chi connectivity index (χ4v) is 4.65. The Morgan fingerprint density at radius 1 is 1.19 bits per heavy atom. The van der Waals surface area contributed by atoms with Gasteiger partial charge in [-0.15, -0.1) is 0 Å². The van der Waals surface area contributed by atoms with Crippen molar-refractivity contribution in [3.63, 3.8) is 0 Å². The molecule has 21 heavy (non-hydrogen) atoms. The summed E-state index contributed by atoms with van der Waals surface area (Å²) in [5.74, 6) is -2.71. The fourth-order valence-electron chi connectivity index (χ4n) is 3.12. The van der Waals surface area contributed by atoms with Gasteiger partial charge in [-0.25, -0.2) is 4.79 Å². The first-order valence-electron chi connectivity index (χ1n) is 6.15. The standard InChI is InChI=1S/C13H15F3O4S/c1-10(2)9(18)11(3,4)13(10)20-7(12(14,15)16)6(21-13)8(17)19-5/h1-5H3. The van der Waals surface area contributed by atoms with Gasteiger partial charge in [0.1, 0.15) is 4.91 Å². The van der Waals surface area contributed by atoms with Crippen molar-refractivity contribution in [3.05, 3.63) is 10.7 Å². The molecule has 0 bridgehead atoms. The highest BCUT2D eigenvalue weighted by atomic mass is 32.2. The summed E-state index contributed by atoms with van der Waals surface area (Å²) in [6.45, 7) is 6.06. The average Bonchev–Trinajstić information content (AvgIpc) is 2.79. The predicted octanol–water partition coefficient (Wildman–Crippen LogP) is 3.03. The molecule has 0 N–H and O–H groups in total. The zero-order valence-corrected chi connectivity index (χ0v) is 13.0. The lowest BCUT2D eigenvalue weighted by Crippen LogP contribution is -2.72. The Bertz CT molecular complexity index is 542. The third-order valence-corrected chi connectivity index (χ3v) is 6.05. The summed E-state index contributed by atoms with van der Waals surface area (Å²) in [6.07, 6.45) is -4.83. The smallest absolute Gasteiger partial charge is 0.450 e. The number of esters is 1. The van der Waals surface area contributed by atoms with Crippen molar-refractivity contribution < 1.29 is 32.2 Å². The quantitative estimate of drug-likeness (QED) is 0.694. The van der Waals surface area contributed by atoms with Gasteiger partial charge in [-0.05, 0) is 27.7 Å². The van der Waals surface area contributed by atoms with Crippen LogP contribution in [0.25, 0.3) is 0 Å². The first-order chi connectivity index (χ1) is 9.33. The lowest BCUT2D eigenvalue weighted by molar-refractivity contribution is -0.215. The summed E-state index contributed by atoms with van der Waals surface area (Å²) in [5, 5.41) is 0. The minimum atomic E-state index is -4.83. The van der Waals surface area contributed by atoms with Crippen LogP contribution in [-0.4, -0.2) is 30.0 Å². The van der Waals surface area contributed by atoms with E-state index in [1.54, 1.807) is 0 Å². The molecule has 0 saturated heterocycles. The Kier molecular flexibility index (Phi) is 3.22. The number of carbonyl (C=O) groups excluding carboxylic acids is 2. The van der Waals surface area contributed by atoms with Gasteiger partial charge >= 0.3 is 12.1 Å². The molecule has 2 aliphatic rings. The molecule has 0 radical (unpaired) electrons. The van der Waals surface area contributed by atoms with E-state index in [1.807, 2.05) is 0 Å². The molecule has 118 valence electrons. The Morgan fingerprint density at radius 2 is 1.67 bits per heavy atom. The van der Waals surface area contributed by atoms with Crippen molar-refractivity contribution in [2.24, 2.45) is 10.8 Å².